The van der Waals surface area contributed by atoms with Crippen molar-refractivity contribution in [1.29, 1.82) is 0 Å². The van der Waals surface area contributed by atoms with Gasteiger partial charge in [0.15, 0.2) is 0 Å². The van der Waals surface area contributed by atoms with Crippen molar-refractivity contribution in [3.05, 3.63) is 16.0 Å². The number of anilines is 1. The molecule has 1 N–H and O–H groups in total. The third-order valence-electron chi connectivity index (χ3n) is 2.24. The molecule has 0 aliphatic rings. The van der Waals surface area contributed by atoms with E-state index in [1.807, 2.05) is 18.8 Å². The van der Waals surface area contributed by atoms with E-state index < -0.39 is 0 Å². The first-order valence-electron chi connectivity index (χ1n) is 5.93. The van der Waals surface area contributed by atoms with E-state index >= 15 is 0 Å². The van der Waals surface area contributed by atoms with Gasteiger partial charge in [0.25, 0.3) is 0 Å². The molecule has 0 bridgehead atoms. The quantitative estimate of drug-likeness (QED) is 0.864. The second-order valence-electron chi connectivity index (χ2n) is 4.11. The largest absolute Gasteiger partial charge is 0.372 e. The van der Waals surface area contributed by atoms with Gasteiger partial charge in [-0.05, 0) is 27.6 Å². The minimum Gasteiger partial charge on any atom is -0.372 e. The molecule has 0 atom stereocenters. The summed E-state index contributed by atoms with van der Waals surface area (Å²) in [5, 5.41) is 3.72. The molecule has 96 valence electrons. The summed E-state index contributed by atoms with van der Waals surface area (Å²) in [5.74, 6) is 2.68. The maximum Gasteiger partial charge on any atom is 0.144 e. The van der Waals surface area contributed by atoms with Crippen LogP contribution in [0.3, 0.4) is 0 Å². The third kappa shape index (κ3) is 4.47. The van der Waals surface area contributed by atoms with E-state index in [1.54, 1.807) is 0 Å². The summed E-state index contributed by atoms with van der Waals surface area (Å²) in [6.45, 7) is 6.54. The zero-order valence-corrected chi connectivity index (χ0v) is 13.3. The molecule has 0 unspecified atom stereocenters. The molecule has 1 heterocycles. The molecular formula is C12H20BrN3S. The Labute approximate surface area is 116 Å². The number of aromatic nitrogens is 2. The molecule has 3 nitrogen and oxygen atoms in total. The van der Waals surface area contributed by atoms with E-state index in [4.69, 9.17) is 0 Å². The van der Waals surface area contributed by atoms with Gasteiger partial charge in [0.2, 0.25) is 0 Å². The van der Waals surface area contributed by atoms with E-state index in [-0.39, 0.29) is 0 Å². The maximum atomic E-state index is 4.62. The number of nitrogens with zero attached hydrogens (tertiary/aromatic N) is 2. The van der Waals surface area contributed by atoms with Crippen LogP contribution >= 0.6 is 27.7 Å². The molecule has 0 saturated carbocycles. The van der Waals surface area contributed by atoms with Gasteiger partial charge in [0, 0.05) is 7.05 Å². The van der Waals surface area contributed by atoms with Crippen molar-refractivity contribution in [3.63, 3.8) is 0 Å². The van der Waals surface area contributed by atoms with Gasteiger partial charge >= 0.3 is 0 Å². The van der Waals surface area contributed by atoms with Crippen LogP contribution in [0, 0.1) is 0 Å². The number of thioether (sulfide) groups is 1. The van der Waals surface area contributed by atoms with Gasteiger partial charge in [-0.2, -0.15) is 11.8 Å². The van der Waals surface area contributed by atoms with Crippen LogP contribution in [0.1, 0.15) is 38.7 Å². The van der Waals surface area contributed by atoms with Crippen LogP contribution in [-0.2, 0) is 12.2 Å². The molecule has 1 aromatic heterocycles. The molecule has 17 heavy (non-hydrogen) atoms. The SMILES string of the molecule is CCCc1nc(CSC(C)C)nc(NC)c1Br. The molecule has 0 amide bonds. The average Bonchev–Trinajstić information content (AvgIpc) is 2.30. The number of aryl methyl sites for hydroxylation is 1. The molecule has 0 fully saturated rings. The van der Waals surface area contributed by atoms with Crippen molar-refractivity contribution >= 4 is 33.5 Å². The van der Waals surface area contributed by atoms with Crippen molar-refractivity contribution in [2.75, 3.05) is 12.4 Å². The van der Waals surface area contributed by atoms with Crippen LogP contribution in [0.15, 0.2) is 4.47 Å². The molecule has 1 aromatic rings. The molecule has 0 aliphatic heterocycles. The maximum absolute atomic E-state index is 4.62. The topological polar surface area (TPSA) is 37.8 Å². The molecule has 0 radical (unpaired) electrons. The Balaban J connectivity index is 2.94. The fourth-order valence-electron chi connectivity index (χ4n) is 1.42. The molecular weight excluding hydrogens is 298 g/mol. The second kappa shape index (κ2) is 7.21. The minimum absolute atomic E-state index is 0.606. The van der Waals surface area contributed by atoms with Crippen molar-refractivity contribution in [3.8, 4) is 0 Å². The number of nitrogens with one attached hydrogen (secondary N) is 1. The van der Waals surface area contributed by atoms with E-state index in [0.717, 1.165) is 40.4 Å². The zero-order chi connectivity index (χ0) is 12.8. The molecule has 0 spiro atoms. The Morgan fingerprint density at radius 2 is 2.06 bits per heavy atom. The minimum atomic E-state index is 0.606. The summed E-state index contributed by atoms with van der Waals surface area (Å²) in [5.41, 5.74) is 1.10. The highest BCUT2D eigenvalue weighted by Crippen LogP contribution is 2.26. The Bertz CT molecular complexity index is 369. The van der Waals surface area contributed by atoms with Gasteiger partial charge in [0.05, 0.1) is 15.9 Å². The third-order valence-corrected chi connectivity index (χ3v) is 4.16. The van der Waals surface area contributed by atoms with Gasteiger partial charge in [-0.1, -0.05) is 27.2 Å². The first kappa shape index (κ1) is 14.8. The lowest BCUT2D eigenvalue weighted by molar-refractivity contribution is 0.846. The Hall–Kier alpha value is -0.290. The molecule has 0 saturated heterocycles. The Kier molecular flexibility index (Phi) is 6.27. The van der Waals surface area contributed by atoms with Gasteiger partial charge in [-0.15, -0.1) is 0 Å². The zero-order valence-electron chi connectivity index (χ0n) is 10.9. The van der Waals surface area contributed by atoms with Gasteiger partial charge in [-0.25, -0.2) is 9.97 Å². The lowest BCUT2D eigenvalue weighted by Crippen LogP contribution is -2.05. The van der Waals surface area contributed by atoms with Crippen molar-refractivity contribution in [2.24, 2.45) is 0 Å². The van der Waals surface area contributed by atoms with Crippen molar-refractivity contribution in [1.82, 2.24) is 9.97 Å². The summed E-state index contributed by atoms with van der Waals surface area (Å²) in [6, 6.07) is 0. The Morgan fingerprint density at radius 1 is 1.35 bits per heavy atom. The number of hydrogen-bond donors (Lipinski definition) is 1. The van der Waals surface area contributed by atoms with Crippen LogP contribution in [0.25, 0.3) is 0 Å². The first-order chi connectivity index (χ1) is 8.08. The monoisotopic (exact) mass is 317 g/mol. The smallest absolute Gasteiger partial charge is 0.144 e. The van der Waals surface area contributed by atoms with E-state index in [9.17, 15) is 0 Å². The molecule has 5 heteroatoms. The number of rotatable bonds is 6. The summed E-state index contributed by atoms with van der Waals surface area (Å²) in [4.78, 5) is 9.14. The lowest BCUT2D eigenvalue weighted by Gasteiger charge is -2.11. The van der Waals surface area contributed by atoms with E-state index in [2.05, 4.69) is 52.0 Å². The summed E-state index contributed by atoms with van der Waals surface area (Å²) >= 11 is 5.43. The standard InChI is InChI=1S/C12H20BrN3S/c1-5-6-9-11(13)12(14-4)16-10(15-9)7-17-8(2)3/h8H,5-7H2,1-4H3,(H,14,15,16). The summed E-state index contributed by atoms with van der Waals surface area (Å²) in [7, 11) is 1.89. The van der Waals surface area contributed by atoms with Crippen LogP contribution in [0.5, 0.6) is 0 Å². The number of halogens is 1. The predicted molar refractivity (Wildman–Crippen MR) is 79.7 cm³/mol. The number of hydrogen-bond acceptors (Lipinski definition) is 4. The van der Waals surface area contributed by atoms with Crippen LogP contribution < -0.4 is 5.32 Å². The highest BCUT2D eigenvalue weighted by Gasteiger charge is 2.11. The first-order valence-corrected chi connectivity index (χ1v) is 7.77. The van der Waals surface area contributed by atoms with Gasteiger partial charge in [0.1, 0.15) is 11.6 Å². The summed E-state index contributed by atoms with van der Waals surface area (Å²) < 4.78 is 1.00. The highest BCUT2D eigenvalue weighted by molar-refractivity contribution is 9.10. The van der Waals surface area contributed by atoms with Crippen LogP contribution in [0.2, 0.25) is 0 Å². The fourth-order valence-corrected chi connectivity index (χ4v) is 2.60. The van der Waals surface area contributed by atoms with Crippen molar-refractivity contribution in [2.45, 2.75) is 44.6 Å². The highest BCUT2D eigenvalue weighted by atomic mass is 79.9. The fraction of sp³-hybridized carbons (Fsp3) is 0.667. The van der Waals surface area contributed by atoms with Crippen LogP contribution in [-0.4, -0.2) is 22.3 Å². The van der Waals surface area contributed by atoms with E-state index in [1.165, 1.54) is 0 Å². The molecule has 0 aromatic carbocycles. The summed E-state index contributed by atoms with van der Waals surface area (Å²) in [6.07, 6.45) is 2.08. The van der Waals surface area contributed by atoms with E-state index in [0.29, 0.717) is 5.25 Å². The Morgan fingerprint density at radius 3 is 2.59 bits per heavy atom. The van der Waals surface area contributed by atoms with Gasteiger partial charge < -0.3 is 5.32 Å². The van der Waals surface area contributed by atoms with Gasteiger partial charge in [-0.3, -0.25) is 0 Å². The van der Waals surface area contributed by atoms with Crippen molar-refractivity contribution < 1.29 is 0 Å². The lowest BCUT2D eigenvalue weighted by atomic mass is 10.2. The average molecular weight is 318 g/mol. The van der Waals surface area contributed by atoms with Crippen LogP contribution in [0.4, 0.5) is 5.82 Å². The second-order valence-corrected chi connectivity index (χ2v) is 6.47. The molecule has 0 aliphatic carbocycles. The normalized spacial score (nSPS) is 10.9. The predicted octanol–water partition coefficient (Wildman–Crippen LogP) is 3.87. The molecule has 1 rings (SSSR count).